The number of nitrogen functional groups attached to an aromatic ring is 1. The molecule has 6 nitrogen and oxygen atoms in total. The van der Waals surface area contributed by atoms with Crippen LogP contribution in [-0.4, -0.2) is 26.1 Å². The molecule has 0 amide bonds. The van der Waals surface area contributed by atoms with Crippen molar-refractivity contribution >= 4 is 38.4 Å². The van der Waals surface area contributed by atoms with Gasteiger partial charge in [0.25, 0.3) is 0 Å². The second-order valence-corrected chi connectivity index (χ2v) is 8.49. The number of rotatable bonds is 11. The molecule has 0 aromatic carbocycles. The van der Waals surface area contributed by atoms with Gasteiger partial charge in [-0.15, -0.1) is 11.3 Å². The van der Waals surface area contributed by atoms with Gasteiger partial charge in [0.1, 0.15) is 11.3 Å². The molecular weight excluding hydrogens is 380 g/mol. The Morgan fingerprint density at radius 2 is 2.10 bits per heavy atom. The van der Waals surface area contributed by atoms with E-state index in [1.54, 1.807) is 11.3 Å². The molecule has 4 heterocycles. The smallest absolute Gasteiger partial charge is 0.152 e. The molecule has 0 aliphatic rings. The number of H-pyrrole nitrogens is 1. The van der Waals surface area contributed by atoms with Crippen LogP contribution in [0, 0.1) is 0 Å². The third kappa shape index (κ3) is 4.46. The van der Waals surface area contributed by atoms with Gasteiger partial charge >= 0.3 is 0 Å². The van der Waals surface area contributed by atoms with Crippen molar-refractivity contribution in [2.24, 2.45) is 0 Å². The number of nitrogens with zero attached hydrogens (tertiary/aromatic N) is 3. The molecule has 0 aliphatic carbocycles. The number of pyridine rings is 1. The summed E-state index contributed by atoms with van der Waals surface area (Å²) in [4.78, 5) is 12.5. The van der Waals surface area contributed by atoms with E-state index in [9.17, 15) is 0 Å². The van der Waals surface area contributed by atoms with Crippen LogP contribution in [0.1, 0.15) is 50.4 Å². The number of thiophene rings is 1. The van der Waals surface area contributed by atoms with E-state index in [-0.39, 0.29) is 0 Å². The third-order valence-electron chi connectivity index (χ3n) is 5.37. The molecule has 154 valence electrons. The van der Waals surface area contributed by atoms with Crippen molar-refractivity contribution in [3.8, 4) is 0 Å². The van der Waals surface area contributed by atoms with Crippen molar-refractivity contribution in [3.05, 3.63) is 41.3 Å². The first-order chi connectivity index (χ1) is 14.3. The predicted octanol–water partition coefficient (Wildman–Crippen LogP) is 4.86. The zero-order valence-electron chi connectivity index (χ0n) is 17.1. The number of hydrogen-bond acceptors (Lipinski definition) is 5. The van der Waals surface area contributed by atoms with Crippen LogP contribution in [0.15, 0.2) is 29.9 Å². The maximum atomic E-state index is 6.25. The number of fused-ring (bicyclic) bond motifs is 3. The number of nitrogens with one attached hydrogen (secondary N) is 2. The topological polar surface area (TPSA) is 84.5 Å². The van der Waals surface area contributed by atoms with Gasteiger partial charge in [-0.25, -0.2) is 9.97 Å². The van der Waals surface area contributed by atoms with E-state index in [2.05, 4.69) is 44.3 Å². The Hall–Kier alpha value is -2.38. The summed E-state index contributed by atoms with van der Waals surface area (Å²) in [5.74, 6) is 1.71. The van der Waals surface area contributed by atoms with E-state index in [0.29, 0.717) is 5.82 Å². The molecule has 0 unspecified atom stereocenters. The number of aromatic amines is 1. The van der Waals surface area contributed by atoms with E-state index >= 15 is 0 Å². The van der Waals surface area contributed by atoms with Crippen LogP contribution in [0.3, 0.4) is 0 Å². The van der Waals surface area contributed by atoms with Crippen molar-refractivity contribution < 1.29 is 0 Å². The van der Waals surface area contributed by atoms with Gasteiger partial charge in [-0.1, -0.05) is 19.8 Å². The molecule has 0 fully saturated rings. The first-order valence-electron chi connectivity index (χ1n) is 10.6. The van der Waals surface area contributed by atoms with Crippen LogP contribution in [0.25, 0.3) is 21.3 Å². The average Bonchev–Trinajstić information content (AvgIpc) is 3.45. The highest BCUT2D eigenvalue weighted by Gasteiger charge is 2.17. The van der Waals surface area contributed by atoms with Crippen molar-refractivity contribution in [2.75, 3.05) is 12.3 Å². The summed E-state index contributed by atoms with van der Waals surface area (Å²) in [5.41, 5.74) is 10.6. The molecule has 0 radical (unpaired) electrons. The normalized spacial score (nSPS) is 11.8. The Labute approximate surface area is 175 Å². The number of aryl methyl sites for hydroxylation is 2. The Bertz CT molecular complexity index is 1050. The van der Waals surface area contributed by atoms with Gasteiger partial charge < -0.3 is 20.6 Å². The maximum absolute atomic E-state index is 6.25. The second-order valence-electron chi connectivity index (χ2n) is 7.57. The van der Waals surface area contributed by atoms with Crippen LogP contribution in [0.2, 0.25) is 0 Å². The molecule has 29 heavy (non-hydrogen) atoms. The lowest BCUT2D eigenvalue weighted by atomic mass is 10.2. The van der Waals surface area contributed by atoms with Crippen molar-refractivity contribution in [1.29, 1.82) is 0 Å². The minimum Gasteiger partial charge on any atom is -0.382 e. The van der Waals surface area contributed by atoms with Crippen LogP contribution >= 0.6 is 11.3 Å². The summed E-state index contributed by atoms with van der Waals surface area (Å²) in [6, 6.07) is 4.16. The zero-order valence-corrected chi connectivity index (χ0v) is 17.9. The molecule has 4 rings (SSSR count). The molecule has 4 N–H and O–H groups in total. The van der Waals surface area contributed by atoms with Crippen LogP contribution in [0.5, 0.6) is 0 Å². The zero-order chi connectivity index (χ0) is 20.1. The van der Waals surface area contributed by atoms with E-state index in [4.69, 9.17) is 10.7 Å². The van der Waals surface area contributed by atoms with Gasteiger partial charge in [0.15, 0.2) is 5.82 Å². The molecular formula is C22H30N6S. The third-order valence-corrected chi connectivity index (χ3v) is 6.28. The molecule has 0 spiro atoms. The van der Waals surface area contributed by atoms with E-state index < -0.39 is 0 Å². The highest BCUT2D eigenvalue weighted by molar-refractivity contribution is 7.18. The quantitative estimate of drug-likeness (QED) is 0.308. The van der Waals surface area contributed by atoms with Crippen molar-refractivity contribution in [1.82, 2.24) is 24.8 Å². The molecule has 4 aromatic rings. The summed E-state index contributed by atoms with van der Waals surface area (Å²) in [6.07, 6.45) is 10.8. The molecule has 4 aromatic heterocycles. The fraction of sp³-hybridized carbons (Fsp3) is 0.455. The number of hydrogen-bond donors (Lipinski definition) is 3. The van der Waals surface area contributed by atoms with Crippen LogP contribution < -0.4 is 11.1 Å². The molecule has 7 heteroatoms. The minimum absolute atomic E-state index is 0.552. The van der Waals surface area contributed by atoms with Gasteiger partial charge in [-0.05, 0) is 48.9 Å². The molecule has 0 atom stereocenters. The minimum atomic E-state index is 0.552. The summed E-state index contributed by atoms with van der Waals surface area (Å²) in [7, 11) is 0. The standard InChI is InChI=1S/C22H30N6S/c1-2-3-7-18-27-19-20(21-17(9-13-29-21)26-22(19)23)28(18)12-6-4-5-10-24-14-16-8-11-25-15-16/h8-9,11,13,15,24-25H,2-7,10,12,14H2,1H3,(H2,23,26). The summed E-state index contributed by atoms with van der Waals surface area (Å²) in [5, 5.41) is 5.61. The lowest BCUT2D eigenvalue weighted by Crippen LogP contribution is -2.14. The number of anilines is 1. The Morgan fingerprint density at radius 3 is 2.93 bits per heavy atom. The molecule has 0 bridgehead atoms. The maximum Gasteiger partial charge on any atom is 0.152 e. The second kappa shape index (κ2) is 9.41. The highest BCUT2D eigenvalue weighted by atomic mass is 32.1. The van der Waals surface area contributed by atoms with Crippen molar-refractivity contribution in [3.63, 3.8) is 0 Å². The Balaban J connectivity index is 1.42. The fourth-order valence-corrected chi connectivity index (χ4v) is 4.71. The highest BCUT2D eigenvalue weighted by Crippen LogP contribution is 2.32. The monoisotopic (exact) mass is 410 g/mol. The van der Waals surface area contributed by atoms with Gasteiger partial charge in [0.05, 0.1) is 15.7 Å². The van der Waals surface area contributed by atoms with Crippen LogP contribution in [0.4, 0.5) is 5.82 Å². The Kier molecular flexibility index (Phi) is 6.46. The lowest BCUT2D eigenvalue weighted by molar-refractivity contribution is 0.551. The van der Waals surface area contributed by atoms with Crippen molar-refractivity contribution in [2.45, 2.75) is 58.5 Å². The van der Waals surface area contributed by atoms with E-state index in [0.717, 1.165) is 62.2 Å². The molecule has 0 saturated carbocycles. The van der Waals surface area contributed by atoms with Gasteiger partial charge in [0, 0.05) is 31.9 Å². The number of aromatic nitrogens is 4. The lowest BCUT2D eigenvalue weighted by Gasteiger charge is -2.10. The van der Waals surface area contributed by atoms with Gasteiger partial charge in [-0.3, -0.25) is 0 Å². The average molecular weight is 411 g/mol. The first-order valence-corrected chi connectivity index (χ1v) is 11.5. The summed E-state index contributed by atoms with van der Waals surface area (Å²) < 4.78 is 3.62. The van der Waals surface area contributed by atoms with E-state index in [1.807, 2.05) is 12.4 Å². The van der Waals surface area contributed by atoms with Gasteiger partial charge in [-0.2, -0.15) is 0 Å². The number of nitrogens with two attached hydrogens (primary N) is 1. The molecule has 0 saturated heterocycles. The first kappa shape index (κ1) is 19.9. The molecule has 0 aliphatic heterocycles. The predicted molar refractivity (Wildman–Crippen MR) is 122 cm³/mol. The SMILES string of the molecule is CCCCc1nc2c(N)nc3ccsc3c2n1CCCCCNCc1cc[nH]c1. The number of unbranched alkanes of at least 4 members (excludes halogenated alkanes) is 3. The summed E-state index contributed by atoms with van der Waals surface area (Å²) >= 11 is 1.73. The number of imidazole rings is 1. The van der Waals surface area contributed by atoms with Crippen LogP contribution in [-0.2, 0) is 19.5 Å². The fourth-order valence-electron chi connectivity index (χ4n) is 3.82. The largest absolute Gasteiger partial charge is 0.382 e. The summed E-state index contributed by atoms with van der Waals surface area (Å²) in [6.45, 7) is 5.19. The van der Waals surface area contributed by atoms with E-state index in [1.165, 1.54) is 28.6 Å². The van der Waals surface area contributed by atoms with Gasteiger partial charge in [0.2, 0.25) is 0 Å². The Morgan fingerprint density at radius 1 is 1.17 bits per heavy atom.